The summed E-state index contributed by atoms with van der Waals surface area (Å²) in [6.07, 6.45) is 1.28. The molecule has 1 aliphatic rings. The molecule has 3 rings (SSSR count). The molecule has 0 saturated carbocycles. The van der Waals surface area contributed by atoms with Gasteiger partial charge in [0.2, 0.25) is 11.8 Å². The van der Waals surface area contributed by atoms with Crippen molar-refractivity contribution in [3.8, 4) is 0 Å². The van der Waals surface area contributed by atoms with Crippen LogP contribution in [-0.2, 0) is 9.59 Å². The Bertz CT molecular complexity index is 964. The van der Waals surface area contributed by atoms with E-state index >= 15 is 0 Å². The van der Waals surface area contributed by atoms with Crippen molar-refractivity contribution in [3.05, 3.63) is 63.9 Å². The van der Waals surface area contributed by atoms with E-state index in [9.17, 15) is 18.8 Å². The number of likely N-dealkylation sites (N-methyl/N-ethyl adjacent to an activating group) is 1. The van der Waals surface area contributed by atoms with Crippen molar-refractivity contribution in [3.63, 3.8) is 0 Å². The summed E-state index contributed by atoms with van der Waals surface area (Å²) in [6, 6.07) is 10.2. The van der Waals surface area contributed by atoms with Crippen LogP contribution in [0.25, 0.3) is 0 Å². The van der Waals surface area contributed by atoms with Crippen LogP contribution in [0, 0.1) is 11.7 Å². The number of nitrogens with one attached hydrogen (secondary N) is 1. The molecule has 6 nitrogen and oxygen atoms in total. The van der Waals surface area contributed by atoms with Crippen molar-refractivity contribution in [1.29, 1.82) is 0 Å². The second-order valence-electron chi connectivity index (χ2n) is 7.44. The molecule has 1 atom stereocenters. The third kappa shape index (κ3) is 5.74. The van der Waals surface area contributed by atoms with E-state index in [-0.39, 0.29) is 24.9 Å². The minimum absolute atomic E-state index is 0.178. The molecule has 1 N–H and O–H groups in total. The van der Waals surface area contributed by atoms with E-state index in [2.05, 4.69) is 5.32 Å². The quantitative estimate of drug-likeness (QED) is 0.722. The van der Waals surface area contributed by atoms with Gasteiger partial charge < -0.3 is 15.1 Å². The second kappa shape index (κ2) is 10.1. The molecule has 1 fully saturated rings. The first-order valence-corrected chi connectivity index (χ1v) is 10.6. The van der Waals surface area contributed by atoms with Gasteiger partial charge in [0.1, 0.15) is 5.82 Å². The van der Waals surface area contributed by atoms with E-state index < -0.39 is 17.6 Å². The molecule has 9 heteroatoms. The average molecular weight is 466 g/mol. The van der Waals surface area contributed by atoms with Gasteiger partial charge in [-0.25, -0.2) is 4.39 Å². The molecule has 0 bridgehead atoms. The number of rotatable bonds is 5. The number of para-hydroxylation sites is 1. The highest BCUT2D eigenvalue weighted by Crippen LogP contribution is 2.29. The standard InChI is InChI=1S/C22H22Cl2FN3O3/c1-27(13-19(29)26-20-17(23)5-2-6-18(20)24)21(30)15-4-3-11-28(12-15)22(31)14-7-9-16(25)10-8-14/h2,5-10,15H,3-4,11-13H2,1H3,(H,26,29). The normalized spacial score (nSPS) is 16.0. The highest BCUT2D eigenvalue weighted by Gasteiger charge is 2.31. The van der Waals surface area contributed by atoms with E-state index in [1.807, 2.05) is 0 Å². The first-order chi connectivity index (χ1) is 14.8. The molecule has 3 amide bonds. The third-order valence-electron chi connectivity index (χ3n) is 5.13. The number of benzene rings is 2. The number of hydrogen-bond donors (Lipinski definition) is 1. The summed E-state index contributed by atoms with van der Waals surface area (Å²) in [7, 11) is 1.54. The van der Waals surface area contributed by atoms with Crippen LogP contribution >= 0.6 is 23.2 Å². The smallest absolute Gasteiger partial charge is 0.253 e. The van der Waals surface area contributed by atoms with Crippen LogP contribution in [0.5, 0.6) is 0 Å². The summed E-state index contributed by atoms with van der Waals surface area (Å²) in [6.45, 7) is 0.593. The molecule has 1 saturated heterocycles. The molecular formula is C22H22Cl2FN3O3. The fourth-order valence-corrected chi connectivity index (χ4v) is 4.03. The largest absolute Gasteiger partial charge is 0.338 e. The predicted octanol–water partition coefficient (Wildman–Crippen LogP) is 4.08. The maximum atomic E-state index is 13.1. The van der Waals surface area contributed by atoms with Crippen LogP contribution in [0.2, 0.25) is 10.0 Å². The van der Waals surface area contributed by atoms with Crippen LogP contribution < -0.4 is 5.32 Å². The molecule has 0 spiro atoms. The van der Waals surface area contributed by atoms with Crippen molar-refractivity contribution >= 4 is 46.6 Å². The Labute approximate surface area is 189 Å². The van der Waals surface area contributed by atoms with Gasteiger partial charge in [-0.05, 0) is 49.2 Å². The number of carbonyl (C=O) groups is 3. The zero-order valence-electron chi connectivity index (χ0n) is 16.9. The molecule has 0 radical (unpaired) electrons. The molecule has 0 aromatic heterocycles. The zero-order chi connectivity index (χ0) is 22.5. The van der Waals surface area contributed by atoms with Gasteiger partial charge in [0.15, 0.2) is 0 Å². The maximum absolute atomic E-state index is 13.1. The molecule has 164 valence electrons. The minimum atomic E-state index is -0.430. The zero-order valence-corrected chi connectivity index (χ0v) is 18.4. The van der Waals surface area contributed by atoms with Crippen LogP contribution in [0.4, 0.5) is 10.1 Å². The lowest BCUT2D eigenvalue weighted by molar-refractivity contribution is -0.138. The number of likely N-dealkylation sites (tertiary alicyclic amines) is 1. The number of amides is 3. The molecule has 2 aromatic rings. The lowest BCUT2D eigenvalue weighted by Crippen LogP contribution is -2.47. The van der Waals surface area contributed by atoms with Gasteiger partial charge in [-0.3, -0.25) is 14.4 Å². The third-order valence-corrected chi connectivity index (χ3v) is 5.76. The van der Waals surface area contributed by atoms with Crippen molar-refractivity contribution in [2.75, 3.05) is 32.0 Å². The van der Waals surface area contributed by atoms with E-state index in [1.165, 1.54) is 36.2 Å². The molecule has 2 aromatic carbocycles. The molecule has 1 unspecified atom stereocenters. The summed E-state index contributed by atoms with van der Waals surface area (Å²) in [5, 5.41) is 3.23. The van der Waals surface area contributed by atoms with E-state index in [0.29, 0.717) is 40.7 Å². The number of hydrogen-bond acceptors (Lipinski definition) is 3. The number of carbonyl (C=O) groups excluding carboxylic acids is 3. The van der Waals surface area contributed by atoms with Crippen molar-refractivity contribution in [1.82, 2.24) is 9.80 Å². The Morgan fingerprint density at radius 1 is 1.13 bits per heavy atom. The van der Waals surface area contributed by atoms with Crippen LogP contribution in [0.3, 0.4) is 0 Å². The van der Waals surface area contributed by atoms with Gasteiger partial charge in [0, 0.05) is 25.7 Å². The van der Waals surface area contributed by atoms with E-state index in [0.717, 1.165) is 0 Å². The first kappa shape index (κ1) is 23.0. The van der Waals surface area contributed by atoms with Gasteiger partial charge in [-0.1, -0.05) is 29.3 Å². The Hall–Kier alpha value is -2.64. The van der Waals surface area contributed by atoms with Gasteiger partial charge in [-0.2, -0.15) is 0 Å². The Morgan fingerprint density at radius 3 is 2.42 bits per heavy atom. The van der Waals surface area contributed by atoms with Crippen LogP contribution in [-0.4, -0.2) is 54.2 Å². The van der Waals surface area contributed by atoms with E-state index in [1.54, 1.807) is 23.1 Å². The Balaban J connectivity index is 1.59. The van der Waals surface area contributed by atoms with Gasteiger partial charge >= 0.3 is 0 Å². The highest BCUT2D eigenvalue weighted by atomic mass is 35.5. The Kier molecular flexibility index (Phi) is 7.51. The number of halogens is 3. The predicted molar refractivity (Wildman–Crippen MR) is 118 cm³/mol. The van der Waals surface area contributed by atoms with Crippen molar-refractivity contribution < 1.29 is 18.8 Å². The van der Waals surface area contributed by atoms with Crippen LogP contribution in [0.15, 0.2) is 42.5 Å². The molecule has 1 heterocycles. The number of nitrogens with zero attached hydrogens (tertiary/aromatic N) is 2. The monoisotopic (exact) mass is 465 g/mol. The van der Waals surface area contributed by atoms with Crippen molar-refractivity contribution in [2.45, 2.75) is 12.8 Å². The van der Waals surface area contributed by atoms with Crippen molar-refractivity contribution in [2.24, 2.45) is 5.92 Å². The molecule has 0 aliphatic carbocycles. The maximum Gasteiger partial charge on any atom is 0.253 e. The SMILES string of the molecule is CN(CC(=O)Nc1c(Cl)cccc1Cl)C(=O)C1CCCN(C(=O)c2ccc(F)cc2)C1. The Morgan fingerprint density at radius 2 is 1.77 bits per heavy atom. The van der Waals surface area contributed by atoms with E-state index in [4.69, 9.17) is 23.2 Å². The molecule has 31 heavy (non-hydrogen) atoms. The number of anilines is 1. The summed E-state index contributed by atoms with van der Waals surface area (Å²) in [5.41, 5.74) is 0.671. The molecule has 1 aliphatic heterocycles. The summed E-state index contributed by atoms with van der Waals surface area (Å²) in [5.74, 6) is -1.73. The minimum Gasteiger partial charge on any atom is -0.338 e. The summed E-state index contributed by atoms with van der Waals surface area (Å²) < 4.78 is 13.1. The van der Waals surface area contributed by atoms with Gasteiger partial charge in [0.05, 0.1) is 28.2 Å². The summed E-state index contributed by atoms with van der Waals surface area (Å²) >= 11 is 12.1. The average Bonchev–Trinajstić information content (AvgIpc) is 2.76. The van der Waals surface area contributed by atoms with Gasteiger partial charge in [0.25, 0.3) is 5.91 Å². The fourth-order valence-electron chi connectivity index (χ4n) is 3.54. The lowest BCUT2D eigenvalue weighted by Gasteiger charge is -2.34. The van der Waals surface area contributed by atoms with Gasteiger partial charge in [-0.15, -0.1) is 0 Å². The highest BCUT2D eigenvalue weighted by molar-refractivity contribution is 6.39. The first-order valence-electron chi connectivity index (χ1n) is 9.80. The lowest BCUT2D eigenvalue weighted by atomic mass is 9.96. The number of piperidine rings is 1. The topological polar surface area (TPSA) is 69.7 Å². The molecular weight excluding hydrogens is 444 g/mol. The van der Waals surface area contributed by atoms with Crippen LogP contribution in [0.1, 0.15) is 23.2 Å². The fraction of sp³-hybridized carbons (Fsp3) is 0.318. The second-order valence-corrected chi connectivity index (χ2v) is 8.25. The summed E-state index contributed by atoms with van der Waals surface area (Å²) in [4.78, 5) is 40.9.